The molecule has 0 radical (unpaired) electrons. The molecule has 1 aliphatic heterocycles. The van der Waals surface area contributed by atoms with E-state index in [0.717, 1.165) is 72.7 Å². The number of hydrogen-bond donors (Lipinski definition) is 0. The molecule has 0 amide bonds. The molecular formula is C36H21N5O. The molecule has 6 heteroatoms. The van der Waals surface area contributed by atoms with Crippen molar-refractivity contribution in [2.45, 2.75) is 13.8 Å². The molecule has 1 aliphatic carbocycles. The van der Waals surface area contributed by atoms with E-state index < -0.39 is 0 Å². The molecule has 8 rings (SSSR count). The van der Waals surface area contributed by atoms with Gasteiger partial charge in [-0.05, 0) is 77.9 Å². The minimum absolute atomic E-state index is 0.0416. The summed E-state index contributed by atoms with van der Waals surface area (Å²) in [4.78, 5) is 11.6. The molecule has 0 saturated carbocycles. The highest BCUT2D eigenvalue weighted by molar-refractivity contribution is 6.17. The number of ether oxygens (including phenoxy) is 1. The van der Waals surface area contributed by atoms with Crippen molar-refractivity contribution in [1.29, 1.82) is 10.5 Å². The van der Waals surface area contributed by atoms with Gasteiger partial charge in [0, 0.05) is 22.2 Å². The monoisotopic (exact) mass is 539 g/mol. The Balaban J connectivity index is 1.36. The van der Waals surface area contributed by atoms with Crippen molar-refractivity contribution in [1.82, 2.24) is 9.97 Å². The average molecular weight is 540 g/mol. The number of hydrogen-bond acceptors (Lipinski definition) is 6. The van der Waals surface area contributed by atoms with Crippen LogP contribution in [0.15, 0.2) is 91.0 Å². The maximum Gasteiger partial charge on any atom is 0.177 e. The minimum atomic E-state index is 0.0416. The smallest absolute Gasteiger partial charge is 0.177 e. The predicted octanol–water partition coefficient (Wildman–Crippen LogP) is 8.88. The zero-order chi connectivity index (χ0) is 28.5. The van der Waals surface area contributed by atoms with Crippen LogP contribution in [0.5, 0.6) is 11.5 Å². The summed E-state index contributed by atoms with van der Waals surface area (Å²) in [7, 11) is 0. The summed E-state index contributed by atoms with van der Waals surface area (Å²) in [5.74, 6) is 1.63. The topological polar surface area (TPSA) is 85.8 Å². The van der Waals surface area contributed by atoms with Gasteiger partial charge in [0.25, 0.3) is 0 Å². The molecule has 6 nitrogen and oxygen atoms in total. The lowest BCUT2D eigenvalue weighted by atomic mass is 9.90. The van der Waals surface area contributed by atoms with Gasteiger partial charge >= 0.3 is 0 Å². The van der Waals surface area contributed by atoms with Crippen LogP contribution in [0.25, 0.3) is 44.4 Å². The Morgan fingerprint density at radius 1 is 0.619 bits per heavy atom. The van der Waals surface area contributed by atoms with Gasteiger partial charge in [-0.15, -0.1) is 0 Å². The van der Waals surface area contributed by atoms with E-state index >= 15 is 0 Å². The van der Waals surface area contributed by atoms with Crippen molar-refractivity contribution >= 4 is 27.8 Å². The van der Waals surface area contributed by atoms with Crippen molar-refractivity contribution in [3.8, 4) is 57.3 Å². The molecule has 2 heterocycles. The number of aromatic nitrogens is 2. The largest absolute Gasteiger partial charge is 0.453 e. The maximum absolute atomic E-state index is 9.74. The molecule has 0 atom stereocenters. The van der Waals surface area contributed by atoms with E-state index in [1.54, 1.807) is 0 Å². The molecule has 0 N–H and O–H groups in total. The lowest BCUT2D eigenvalue weighted by Gasteiger charge is -2.34. The Bertz CT molecular complexity index is 2190. The fraction of sp³-hybridized carbons (Fsp3) is 0.0556. The SMILES string of the molecule is Cc1cc(N2c3ccccc3Oc3ccccc32)c(C)cc1-c1ccc2cccc3c2c1-c1nc(C#N)c(C#N)nc1-3. The Morgan fingerprint density at radius 3 is 1.98 bits per heavy atom. The first kappa shape index (κ1) is 23.9. The highest BCUT2D eigenvalue weighted by Crippen LogP contribution is 2.53. The number of anilines is 3. The maximum atomic E-state index is 9.74. The van der Waals surface area contributed by atoms with Crippen LogP contribution in [-0.4, -0.2) is 9.97 Å². The van der Waals surface area contributed by atoms with Gasteiger partial charge in [0.1, 0.15) is 12.1 Å². The van der Waals surface area contributed by atoms with Gasteiger partial charge in [0.05, 0.1) is 22.8 Å². The summed E-state index contributed by atoms with van der Waals surface area (Å²) < 4.78 is 6.24. The number of aryl methyl sites for hydroxylation is 2. The van der Waals surface area contributed by atoms with Gasteiger partial charge in [-0.2, -0.15) is 10.5 Å². The summed E-state index contributed by atoms with van der Waals surface area (Å²) in [6.45, 7) is 4.26. The number of fused-ring (bicyclic) bond motifs is 5. The van der Waals surface area contributed by atoms with E-state index in [1.807, 2.05) is 54.6 Å². The van der Waals surface area contributed by atoms with E-state index in [2.05, 4.69) is 72.3 Å². The van der Waals surface area contributed by atoms with Crippen LogP contribution in [0.2, 0.25) is 0 Å². The van der Waals surface area contributed by atoms with Crippen LogP contribution in [0.1, 0.15) is 22.5 Å². The van der Waals surface area contributed by atoms with Crippen molar-refractivity contribution < 1.29 is 4.74 Å². The summed E-state index contributed by atoms with van der Waals surface area (Å²) in [5, 5.41) is 21.5. The third kappa shape index (κ3) is 3.24. The van der Waals surface area contributed by atoms with Gasteiger partial charge in [-0.25, -0.2) is 9.97 Å². The molecule has 1 aromatic heterocycles. The van der Waals surface area contributed by atoms with Crippen molar-refractivity contribution in [3.05, 3.63) is 114 Å². The van der Waals surface area contributed by atoms with Crippen LogP contribution in [0.4, 0.5) is 17.1 Å². The standard InChI is InChI=1S/C36H21N5O/c1-20-17-30(41-28-10-3-5-12-31(28)42-32-13-6-4-11-29(32)41)21(2)16-25(20)23-15-14-22-8-7-9-24-33(22)34(23)36-35(24)39-26(18-37)27(19-38)40-36/h3-17H,1-2H3. The highest BCUT2D eigenvalue weighted by atomic mass is 16.5. The number of para-hydroxylation sites is 4. The second-order valence-electron chi connectivity index (χ2n) is 10.6. The number of benzene rings is 5. The van der Waals surface area contributed by atoms with Crippen molar-refractivity contribution in [3.63, 3.8) is 0 Å². The molecule has 0 spiro atoms. The summed E-state index contributed by atoms with van der Waals surface area (Å²) in [6.07, 6.45) is 0. The molecular weight excluding hydrogens is 518 g/mol. The highest BCUT2D eigenvalue weighted by Gasteiger charge is 2.31. The van der Waals surface area contributed by atoms with E-state index in [0.29, 0.717) is 11.4 Å². The van der Waals surface area contributed by atoms with Crippen LogP contribution in [-0.2, 0) is 0 Å². The third-order valence-electron chi connectivity index (χ3n) is 8.15. The molecule has 0 bridgehead atoms. The minimum Gasteiger partial charge on any atom is -0.453 e. The van der Waals surface area contributed by atoms with Crippen LogP contribution < -0.4 is 9.64 Å². The predicted molar refractivity (Wildman–Crippen MR) is 163 cm³/mol. The van der Waals surface area contributed by atoms with Gasteiger partial charge in [-0.3, -0.25) is 0 Å². The first-order valence-electron chi connectivity index (χ1n) is 13.6. The summed E-state index contributed by atoms with van der Waals surface area (Å²) in [5.41, 5.74) is 10.6. The molecule has 5 aromatic carbocycles. The molecule has 0 unspecified atom stereocenters. The molecule has 0 fully saturated rings. The molecule has 42 heavy (non-hydrogen) atoms. The normalized spacial score (nSPS) is 12.1. The van der Waals surface area contributed by atoms with Crippen LogP contribution in [0, 0.1) is 36.5 Å². The zero-order valence-corrected chi connectivity index (χ0v) is 22.8. The van der Waals surface area contributed by atoms with Gasteiger partial charge in [-0.1, -0.05) is 54.6 Å². The zero-order valence-electron chi connectivity index (χ0n) is 22.8. The number of rotatable bonds is 2. The van der Waals surface area contributed by atoms with E-state index in [4.69, 9.17) is 9.72 Å². The molecule has 196 valence electrons. The second kappa shape index (κ2) is 8.76. The summed E-state index contributed by atoms with van der Waals surface area (Å²) >= 11 is 0. The number of nitrogens with zero attached hydrogens (tertiary/aromatic N) is 5. The third-order valence-corrected chi connectivity index (χ3v) is 8.15. The summed E-state index contributed by atoms with van der Waals surface area (Å²) in [6, 6.07) is 35.1. The van der Waals surface area contributed by atoms with E-state index in [-0.39, 0.29) is 11.4 Å². The van der Waals surface area contributed by atoms with Gasteiger partial charge in [0.2, 0.25) is 0 Å². The van der Waals surface area contributed by atoms with Crippen LogP contribution >= 0.6 is 0 Å². The van der Waals surface area contributed by atoms with Crippen LogP contribution in [0.3, 0.4) is 0 Å². The second-order valence-corrected chi connectivity index (χ2v) is 10.6. The number of nitriles is 2. The van der Waals surface area contributed by atoms with E-state index in [1.165, 1.54) is 0 Å². The van der Waals surface area contributed by atoms with Gasteiger partial charge < -0.3 is 9.64 Å². The van der Waals surface area contributed by atoms with E-state index in [9.17, 15) is 10.5 Å². The Morgan fingerprint density at radius 2 is 1.29 bits per heavy atom. The van der Waals surface area contributed by atoms with Crippen molar-refractivity contribution in [2.75, 3.05) is 4.90 Å². The first-order valence-corrected chi connectivity index (χ1v) is 13.6. The van der Waals surface area contributed by atoms with Gasteiger partial charge in [0.15, 0.2) is 22.9 Å². The Labute approximate surface area is 242 Å². The Hall–Kier alpha value is -5.98. The molecule has 2 aliphatic rings. The molecule has 0 saturated heterocycles. The Kier molecular flexibility index (Phi) is 4.98. The lowest BCUT2D eigenvalue weighted by Crippen LogP contribution is -2.16. The molecule has 6 aromatic rings. The first-order chi connectivity index (χ1) is 20.6. The fourth-order valence-corrected chi connectivity index (χ4v) is 6.30. The fourth-order valence-electron chi connectivity index (χ4n) is 6.30. The quantitative estimate of drug-likeness (QED) is 0.218. The average Bonchev–Trinajstić information content (AvgIpc) is 3.35. The lowest BCUT2D eigenvalue weighted by molar-refractivity contribution is 0.477. The van der Waals surface area contributed by atoms with Crippen molar-refractivity contribution in [2.24, 2.45) is 0 Å².